The summed E-state index contributed by atoms with van der Waals surface area (Å²) in [6, 6.07) is 3.04. The van der Waals surface area contributed by atoms with Crippen LogP contribution in [-0.4, -0.2) is 17.2 Å². The molecule has 0 saturated carbocycles. The molecule has 0 aliphatic heterocycles. The van der Waals surface area contributed by atoms with Crippen molar-refractivity contribution >= 4 is 10.9 Å². The zero-order valence-electron chi connectivity index (χ0n) is 8.50. The fourth-order valence-electron chi connectivity index (χ4n) is 1.57. The molecule has 2 aromatic rings. The zero-order chi connectivity index (χ0) is 11.0. The third-order valence-corrected chi connectivity index (χ3v) is 2.38. The lowest BCUT2D eigenvalue weighted by Crippen LogP contribution is -2.06. The minimum absolute atomic E-state index is 0.0181. The standard InChI is InChI=1S/C11H11NO3/c1-6-5-12-9-7(10(6)14)3-4-8(13)11(9)15-2/h3-5,13H,1-2H3,(H,12,14). The highest BCUT2D eigenvalue weighted by atomic mass is 16.5. The smallest absolute Gasteiger partial charge is 0.192 e. The highest BCUT2D eigenvalue weighted by Crippen LogP contribution is 2.31. The van der Waals surface area contributed by atoms with Crippen molar-refractivity contribution in [3.05, 3.63) is 34.1 Å². The number of H-pyrrole nitrogens is 1. The van der Waals surface area contributed by atoms with Gasteiger partial charge in [-0.1, -0.05) is 0 Å². The molecule has 1 aromatic heterocycles. The van der Waals surface area contributed by atoms with Gasteiger partial charge < -0.3 is 14.8 Å². The molecule has 0 spiro atoms. The highest BCUT2D eigenvalue weighted by Gasteiger charge is 2.10. The molecule has 15 heavy (non-hydrogen) atoms. The van der Waals surface area contributed by atoms with Crippen LogP contribution >= 0.6 is 0 Å². The molecule has 0 aliphatic carbocycles. The minimum Gasteiger partial charge on any atom is -0.504 e. The molecular formula is C11H11NO3. The van der Waals surface area contributed by atoms with E-state index in [0.717, 1.165) is 0 Å². The molecule has 2 rings (SSSR count). The van der Waals surface area contributed by atoms with E-state index in [1.807, 2.05) is 0 Å². The number of aryl methyl sites for hydroxylation is 1. The molecule has 0 radical (unpaired) electrons. The third kappa shape index (κ3) is 1.34. The number of hydrogen-bond donors (Lipinski definition) is 2. The first-order valence-electron chi connectivity index (χ1n) is 4.53. The third-order valence-electron chi connectivity index (χ3n) is 2.38. The van der Waals surface area contributed by atoms with Crippen LogP contribution < -0.4 is 10.2 Å². The van der Waals surface area contributed by atoms with Crippen LogP contribution in [0.2, 0.25) is 0 Å². The molecule has 0 saturated heterocycles. The van der Waals surface area contributed by atoms with Crippen molar-refractivity contribution in [3.63, 3.8) is 0 Å². The Balaban J connectivity index is 2.96. The number of aromatic hydroxyl groups is 1. The molecule has 4 heteroatoms. The predicted molar refractivity (Wildman–Crippen MR) is 57.5 cm³/mol. The van der Waals surface area contributed by atoms with Crippen LogP contribution in [0.5, 0.6) is 11.5 Å². The predicted octanol–water partition coefficient (Wildman–Crippen LogP) is 1.55. The highest BCUT2D eigenvalue weighted by molar-refractivity contribution is 5.87. The molecular weight excluding hydrogens is 194 g/mol. The summed E-state index contributed by atoms with van der Waals surface area (Å²) in [4.78, 5) is 14.7. The monoisotopic (exact) mass is 205 g/mol. The van der Waals surface area contributed by atoms with Gasteiger partial charge >= 0.3 is 0 Å². The van der Waals surface area contributed by atoms with Gasteiger partial charge in [-0.15, -0.1) is 0 Å². The topological polar surface area (TPSA) is 62.3 Å². The SMILES string of the molecule is COc1c(O)ccc2c(=O)c(C)c[nH]c12. The Morgan fingerprint density at radius 1 is 1.40 bits per heavy atom. The first-order valence-corrected chi connectivity index (χ1v) is 4.53. The summed E-state index contributed by atoms with van der Waals surface area (Å²) >= 11 is 0. The number of hydrogen-bond acceptors (Lipinski definition) is 3. The lowest BCUT2D eigenvalue weighted by atomic mass is 10.1. The molecule has 0 amide bonds. The number of nitrogens with one attached hydrogen (secondary N) is 1. The Hall–Kier alpha value is -1.97. The second-order valence-corrected chi connectivity index (χ2v) is 3.34. The van der Waals surface area contributed by atoms with Crippen LogP contribution in [0.25, 0.3) is 10.9 Å². The summed E-state index contributed by atoms with van der Waals surface area (Å²) in [7, 11) is 1.45. The van der Waals surface area contributed by atoms with Crippen LogP contribution in [-0.2, 0) is 0 Å². The molecule has 1 aromatic carbocycles. The van der Waals surface area contributed by atoms with E-state index in [1.165, 1.54) is 13.2 Å². The molecule has 2 N–H and O–H groups in total. The van der Waals surface area contributed by atoms with Crippen molar-refractivity contribution in [1.82, 2.24) is 4.98 Å². The van der Waals surface area contributed by atoms with Crippen molar-refractivity contribution in [2.24, 2.45) is 0 Å². The number of aromatic nitrogens is 1. The number of pyridine rings is 1. The van der Waals surface area contributed by atoms with Crippen LogP contribution in [0.4, 0.5) is 0 Å². The maximum atomic E-state index is 11.8. The Morgan fingerprint density at radius 3 is 2.80 bits per heavy atom. The number of ether oxygens (including phenoxy) is 1. The number of fused-ring (bicyclic) bond motifs is 1. The Morgan fingerprint density at radius 2 is 2.13 bits per heavy atom. The number of phenolic OH excluding ortho intramolecular Hbond substituents is 1. The van der Waals surface area contributed by atoms with Gasteiger partial charge in [0.05, 0.1) is 12.6 Å². The molecule has 0 fully saturated rings. The van der Waals surface area contributed by atoms with Crippen molar-refractivity contribution in [2.75, 3.05) is 7.11 Å². The maximum absolute atomic E-state index is 11.8. The number of benzene rings is 1. The summed E-state index contributed by atoms with van der Waals surface area (Å²) in [6.45, 7) is 1.73. The molecule has 0 unspecified atom stereocenters. The molecule has 78 valence electrons. The largest absolute Gasteiger partial charge is 0.504 e. The zero-order valence-corrected chi connectivity index (χ0v) is 8.50. The molecule has 0 atom stereocenters. The lowest BCUT2D eigenvalue weighted by Gasteiger charge is -2.07. The summed E-state index contributed by atoms with van der Waals surface area (Å²) in [5, 5.41) is 10.0. The fourth-order valence-corrected chi connectivity index (χ4v) is 1.57. The number of aromatic amines is 1. The fraction of sp³-hybridized carbons (Fsp3) is 0.182. The van der Waals surface area contributed by atoms with Crippen molar-refractivity contribution < 1.29 is 9.84 Å². The second-order valence-electron chi connectivity index (χ2n) is 3.34. The van der Waals surface area contributed by atoms with Gasteiger partial charge in [0, 0.05) is 17.1 Å². The van der Waals surface area contributed by atoms with Gasteiger partial charge in [0.15, 0.2) is 16.9 Å². The van der Waals surface area contributed by atoms with E-state index in [-0.39, 0.29) is 11.2 Å². The first kappa shape index (κ1) is 9.58. The van der Waals surface area contributed by atoms with Gasteiger partial charge in [-0.25, -0.2) is 0 Å². The average Bonchev–Trinajstić information content (AvgIpc) is 2.23. The van der Waals surface area contributed by atoms with E-state index in [4.69, 9.17) is 4.74 Å². The van der Waals surface area contributed by atoms with E-state index >= 15 is 0 Å². The van der Waals surface area contributed by atoms with E-state index in [2.05, 4.69) is 4.98 Å². The molecule has 0 aliphatic rings. The quantitative estimate of drug-likeness (QED) is 0.742. The van der Waals surface area contributed by atoms with Crippen molar-refractivity contribution in [2.45, 2.75) is 6.92 Å². The summed E-state index contributed by atoms with van der Waals surface area (Å²) in [5.41, 5.74) is 1.10. The van der Waals surface area contributed by atoms with Gasteiger partial charge in [-0.3, -0.25) is 4.79 Å². The van der Waals surface area contributed by atoms with Crippen molar-refractivity contribution in [3.8, 4) is 11.5 Å². The molecule has 1 heterocycles. The maximum Gasteiger partial charge on any atom is 0.192 e. The minimum atomic E-state index is -0.0537. The molecule has 4 nitrogen and oxygen atoms in total. The van der Waals surface area contributed by atoms with E-state index in [0.29, 0.717) is 22.2 Å². The first-order chi connectivity index (χ1) is 7.15. The van der Waals surface area contributed by atoms with Crippen LogP contribution in [0.15, 0.2) is 23.1 Å². The number of phenols is 1. The summed E-state index contributed by atoms with van der Waals surface area (Å²) in [5.74, 6) is 0.314. The van der Waals surface area contributed by atoms with Gasteiger partial charge in [-0.2, -0.15) is 0 Å². The average molecular weight is 205 g/mol. The van der Waals surface area contributed by atoms with Gasteiger partial charge in [0.1, 0.15) is 0 Å². The second kappa shape index (κ2) is 3.31. The van der Waals surface area contributed by atoms with E-state index in [1.54, 1.807) is 19.2 Å². The Labute approximate surface area is 86.1 Å². The van der Waals surface area contributed by atoms with E-state index < -0.39 is 0 Å². The summed E-state index contributed by atoms with van der Waals surface area (Å²) in [6.07, 6.45) is 1.60. The van der Waals surface area contributed by atoms with E-state index in [9.17, 15) is 9.90 Å². The van der Waals surface area contributed by atoms with Crippen LogP contribution in [0, 0.1) is 6.92 Å². The van der Waals surface area contributed by atoms with Gasteiger partial charge in [0.2, 0.25) is 0 Å². The Kier molecular flexibility index (Phi) is 2.11. The lowest BCUT2D eigenvalue weighted by molar-refractivity contribution is 0.377. The number of methoxy groups -OCH3 is 1. The van der Waals surface area contributed by atoms with Crippen molar-refractivity contribution in [1.29, 1.82) is 0 Å². The molecule has 0 bridgehead atoms. The number of rotatable bonds is 1. The van der Waals surface area contributed by atoms with Crippen LogP contribution in [0.1, 0.15) is 5.56 Å². The normalized spacial score (nSPS) is 10.5. The Bertz CT molecular complexity index is 572. The van der Waals surface area contributed by atoms with Crippen LogP contribution in [0.3, 0.4) is 0 Å². The van der Waals surface area contributed by atoms with Gasteiger partial charge in [-0.05, 0) is 19.1 Å². The summed E-state index contributed by atoms with van der Waals surface area (Å²) < 4.78 is 5.03. The van der Waals surface area contributed by atoms with Gasteiger partial charge in [0.25, 0.3) is 0 Å².